The van der Waals surface area contributed by atoms with Crippen molar-refractivity contribution in [2.75, 3.05) is 18.9 Å². The average molecular weight is 311 g/mol. The van der Waals surface area contributed by atoms with Gasteiger partial charge in [-0.25, -0.2) is 0 Å². The molecule has 0 aromatic heterocycles. The van der Waals surface area contributed by atoms with E-state index in [1.54, 1.807) is 6.92 Å². The van der Waals surface area contributed by atoms with Crippen molar-refractivity contribution in [3.63, 3.8) is 0 Å². The summed E-state index contributed by atoms with van der Waals surface area (Å²) in [4.78, 5) is 24.0. The van der Waals surface area contributed by atoms with E-state index in [1.165, 1.54) is 11.8 Å². The van der Waals surface area contributed by atoms with Gasteiger partial charge in [-0.3, -0.25) is 9.59 Å². The predicted molar refractivity (Wildman–Crippen MR) is 82.6 cm³/mol. The third-order valence-electron chi connectivity index (χ3n) is 2.52. The molecule has 1 N–H and O–H groups in total. The van der Waals surface area contributed by atoms with E-state index in [9.17, 15) is 9.59 Å². The lowest BCUT2D eigenvalue weighted by Crippen LogP contribution is -2.35. The Kier molecular flexibility index (Phi) is 7.68. The molecule has 1 atom stereocenters. The Morgan fingerprint density at radius 3 is 2.48 bits per heavy atom. The average Bonchev–Trinajstić information content (AvgIpc) is 2.47. The highest BCUT2D eigenvalue weighted by Crippen LogP contribution is 2.21. The van der Waals surface area contributed by atoms with Crippen molar-refractivity contribution < 1.29 is 19.1 Å². The number of rotatable bonds is 8. The lowest BCUT2D eigenvalue weighted by Gasteiger charge is -2.12. The minimum Gasteiger partial charge on any atom is -0.494 e. The molecule has 21 heavy (non-hydrogen) atoms. The van der Waals surface area contributed by atoms with Crippen molar-refractivity contribution in [2.45, 2.75) is 31.8 Å². The smallest absolute Gasteiger partial charge is 0.317 e. The van der Waals surface area contributed by atoms with Gasteiger partial charge in [-0.15, -0.1) is 11.8 Å². The van der Waals surface area contributed by atoms with Crippen LogP contribution in [0.25, 0.3) is 0 Å². The Morgan fingerprint density at radius 1 is 1.24 bits per heavy atom. The molecular formula is C15H21NO4S. The molecule has 0 aliphatic rings. The third kappa shape index (κ3) is 6.53. The zero-order valence-electron chi connectivity index (χ0n) is 12.5. The zero-order chi connectivity index (χ0) is 15.7. The normalized spacial score (nSPS) is 11.6. The third-order valence-corrected chi connectivity index (χ3v) is 3.51. The van der Waals surface area contributed by atoms with Gasteiger partial charge in [0, 0.05) is 11.4 Å². The number of hydrogen-bond donors (Lipinski definition) is 1. The van der Waals surface area contributed by atoms with E-state index in [2.05, 4.69) is 5.32 Å². The van der Waals surface area contributed by atoms with Crippen LogP contribution in [0.4, 0.5) is 0 Å². The fourth-order valence-corrected chi connectivity index (χ4v) is 2.22. The van der Waals surface area contributed by atoms with Gasteiger partial charge in [-0.05, 0) is 45.0 Å². The van der Waals surface area contributed by atoms with Crippen LogP contribution < -0.4 is 10.1 Å². The van der Waals surface area contributed by atoms with Crippen LogP contribution >= 0.6 is 11.8 Å². The molecule has 1 aromatic carbocycles. The number of hydrogen-bond acceptors (Lipinski definition) is 5. The number of nitrogens with one attached hydrogen (secondary N) is 1. The van der Waals surface area contributed by atoms with Crippen molar-refractivity contribution in [3.05, 3.63) is 24.3 Å². The predicted octanol–water partition coefficient (Wildman–Crippen LogP) is 2.25. The number of ether oxygens (including phenoxy) is 2. The molecule has 5 nitrogen and oxygen atoms in total. The molecule has 0 unspecified atom stereocenters. The largest absolute Gasteiger partial charge is 0.494 e. The van der Waals surface area contributed by atoms with E-state index in [-0.39, 0.29) is 11.7 Å². The Morgan fingerprint density at radius 2 is 1.90 bits per heavy atom. The summed E-state index contributed by atoms with van der Waals surface area (Å²) in [6, 6.07) is 7.48. The molecule has 1 rings (SSSR count). The van der Waals surface area contributed by atoms with E-state index in [1.807, 2.05) is 38.1 Å². The highest BCUT2D eigenvalue weighted by atomic mass is 32.2. The van der Waals surface area contributed by atoms with Gasteiger partial charge in [0.1, 0.15) is 5.75 Å². The molecule has 0 aliphatic heterocycles. The zero-order valence-corrected chi connectivity index (χ0v) is 13.4. The molecular weight excluding hydrogens is 290 g/mol. The topological polar surface area (TPSA) is 64.6 Å². The van der Waals surface area contributed by atoms with E-state index >= 15 is 0 Å². The summed E-state index contributed by atoms with van der Waals surface area (Å²) >= 11 is 1.36. The molecule has 0 fully saturated rings. The molecule has 0 bridgehead atoms. The SMILES string of the molecule is CCNC(=O)[C@@H](C)OC(=O)CSc1ccc(OCC)cc1. The first-order chi connectivity index (χ1) is 10.1. The van der Waals surface area contributed by atoms with E-state index in [0.717, 1.165) is 10.6 Å². The second kappa shape index (κ2) is 9.28. The van der Waals surface area contributed by atoms with Crippen molar-refractivity contribution in [1.29, 1.82) is 0 Å². The Hall–Kier alpha value is -1.69. The molecule has 116 valence electrons. The first-order valence-corrected chi connectivity index (χ1v) is 7.88. The molecule has 0 spiro atoms. The fourth-order valence-electron chi connectivity index (χ4n) is 1.54. The molecule has 1 aromatic rings. The summed E-state index contributed by atoms with van der Waals surface area (Å²) in [6.45, 7) is 6.44. The molecule has 1 amide bonds. The Bertz CT molecular complexity index is 461. The second-order valence-corrected chi connectivity index (χ2v) is 5.27. The maximum Gasteiger partial charge on any atom is 0.317 e. The van der Waals surface area contributed by atoms with Crippen LogP contribution in [0.5, 0.6) is 5.75 Å². The van der Waals surface area contributed by atoms with Crippen LogP contribution in [-0.4, -0.2) is 36.9 Å². The molecule has 0 aliphatic carbocycles. The fraction of sp³-hybridized carbons (Fsp3) is 0.467. The first kappa shape index (κ1) is 17.4. The van der Waals surface area contributed by atoms with Crippen LogP contribution in [-0.2, 0) is 14.3 Å². The van der Waals surface area contributed by atoms with E-state index in [0.29, 0.717) is 13.2 Å². The van der Waals surface area contributed by atoms with Crippen LogP contribution in [0.1, 0.15) is 20.8 Å². The van der Waals surface area contributed by atoms with Gasteiger partial charge in [0.2, 0.25) is 0 Å². The van der Waals surface area contributed by atoms with Crippen molar-refractivity contribution in [2.24, 2.45) is 0 Å². The van der Waals surface area contributed by atoms with Crippen LogP contribution in [0.3, 0.4) is 0 Å². The highest BCUT2D eigenvalue weighted by Gasteiger charge is 2.16. The number of amides is 1. The summed E-state index contributed by atoms with van der Waals surface area (Å²) < 4.78 is 10.4. The van der Waals surface area contributed by atoms with Crippen LogP contribution in [0.2, 0.25) is 0 Å². The summed E-state index contributed by atoms with van der Waals surface area (Å²) in [7, 11) is 0. The summed E-state index contributed by atoms with van der Waals surface area (Å²) in [5.74, 6) is 0.274. The Balaban J connectivity index is 2.37. The van der Waals surface area contributed by atoms with Gasteiger partial charge in [0.05, 0.1) is 12.4 Å². The number of carbonyl (C=O) groups is 2. The Labute approximate surface area is 129 Å². The van der Waals surface area contributed by atoms with Crippen molar-refractivity contribution >= 4 is 23.6 Å². The lowest BCUT2D eigenvalue weighted by molar-refractivity contribution is -0.152. The number of likely N-dealkylation sites (N-methyl/N-ethyl adjacent to an activating group) is 1. The number of carbonyl (C=O) groups excluding carboxylic acids is 2. The second-order valence-electron chi connectivity index (χ2n) is 4.22. The maximum absolute atomic E-state index is 11.7. The first-order valence-electron chi connectivity index (χ1n) is 6.89. The van der Waals surface area contributed by atoms with E-state index < -0.39 is 12.1 Å². The van der Waals surface area contributed by atoms with Crippen molar-refractivity contribution in [1.82, 2.24) is 5.32 Å². The number of esters is 1. The van der Waals surface area contributed by atoms with Gasteiger partial charge in [-0.1, -0.05) is 0 Å². The lowest BCUT2D eigenvalue weighted by atomic mass is 10.3. The van der Waals surface area contributed by atoms with Gasteiger partial charge in [0.15, 0.2) is 6.10 Å². The van der Waals surface area contributed by atoms with Crippen LogP contribution in [0.15, 0.2) is 29.2 Å². The maximum atomic E-state index is 11.7. The molecule has 0 saturated carbocycles. The molecule has 6 heteroatoms. The van der Waals surface area contributed by atoms with Crippen molar-refractivity contribution in [3.8, 4) is 5.75 Å². The van der Waals surface area contributed by atoms with E-state index in [4.69, 9.17) is 9.47 Å². The van der Waals surface area contributed by atoms with Gasteiger partial charge in [-0.2, -0.15) is 0 Å². The number of thioether (sulfide) groups is 1. The molecule has 0 saturated heterocycles. The standard InChI is InChI=1S/C15H21NO4S/c1-4-16-15(18)11(3)20-14(17)10-21-13-8-6-12(7-9-13)19-5-2/h6-9,11H,4-5,10H2,1-3H3,(H,16,18)/t11-/m1/s1. The summed E-state index contributed by atoms with van der Waals surface area (Å²) in [5, 5.41) is 2.61. The summed E-state index contributed by atoms with van der Waals surface area (Å²) in [5.41, 5.74) is 0. The van der Waals surface area contributed by atoms with Gasteiger partial charge >= 0.3 is 5.97 Å². The number of benzene rings is 1. The molecule has 0 radical (unpaired) electrons. The monoisotopic (exact) mass is 311 g/mol. The molecule has 0 heterocycles. The minimum absolute atomic E-state index is 0.164. The highest BCUT2D eigenvalue weighted by molar-refractivity contribution is 8.00. The summed E-state index contributed by atoms with van der Waals surface area (Å²) in [6.07, 6.45) is -0.765. The minimum atomic E-state index is -0.765. The van der Waals surface area contributed by atoms with Gasteiger partial charge in [0.25, 0.3) is 5.91 Å². The van der Waals surface area contributed by atoms with Crippen LogP contribution in [0, 0.1) is 0 Å². The van der Waals surface area contributed by atoms with Gasteiger partial charge < -0.3 is 14.8 Å². The quantitative estimate of drug-likeness (QED) is 0.589.